The summed E-state index contributed by atoms with van der Waals surface area (Å²) in [5, 5.41) is 28.2. The van der Waals surface area contributed by atoms with Gasteiger partial charge in [0.1, 0.15) is 47.2 Å². The molecule has 0 radical (unpaired) electrons. The number of piperazine rings is 1. The van der Waals surface area contributed by atoms with Gasteiger partial charge in [0.25, 0.3) is 0 Å². The molecule has 7 amide bonds. The molecule has 8 heterocycles. The van der Waals surface area contributed by atoms with E-state index in [1.54, 1.807) is 45.1 Å². The quantitative estimate of drug-likeness (QED) is 0.0302. The molecule has 5 saturated heterocycles. The Morgan fingerprint density at radius 1 is 0.561 bits per heavy atom. The lowest BCUT2D eigenvalue weighted by molar-refractivity contribution is -0.144. The van der Waals surface area contributed by atoms with Crippen LogP contribution in [0.1, 0.15) is 125 Å². The number of nitrogens with zero attached hydrogens (tertiary/aromatic N) is 10. The summed E-state index contributed by atoms with van der Waals surface area (Å²) < 4.78 is 94.1. The molecule has 5 aliphatic heterocycles. The van der Waals surface area contributed by atoms with Gasteiger partial charge in [-0.1, -0.05) is 154 Å². The zero-order chi connectivity index (χ0) is 87.9. The summed E-state index contributed by atoms with van der Waals surface area (Å²) in [7, 11) is -6.13. The summed E-state index contributed by atoms with van der Waals surface area (Å²) in [4.78, 5) is 131. The molecule has 0 saturated carbocycles. The Bertz CT molecular complexity index is 5430. The van der Waals surface area contributed by atoms with Crippen LogP contribution in [0, 0.1) is 18.6 Å². The maximum absolute atomic E-state index is 15.8. The van der Waals surface area contributed by atoms with Gasteiger partial charge in [0, 0.05) is 70.1 Å². The van der Waals surface area contributed by atoms with E-state index in [0.29, 0.717) is 49.4 Å². The summed E-state index contributed by atoms with van der Waals surface area (Å²) in [6.45, 7) is 13.9. The molecule has 7 N–H and O–H groups in total. The third-order valence-corrected chi connectivity index (χ3v) is 27.4. The van der Waals surface area contributed by atoms with Gasteiger partial charge < -0.3 is 56.6 Å². The van der Waals surface area contributed by atoms with E-state index < -0.39 is 173 Å². The van der Waals surface area contributed by atoms with E-state index >= 15 is 21.2 Å². The molecule has 0 bridgehead atoms. The van der Waals surface area contributed by atoms with E-state index in [1.165, 1.54) is 50.8 Å². The second-order valence-electron chi connectivity index (χ2n) is 31.9. The van der Waals surface area contributed by atoms with Crippen molar-refractivity contribution >= 4 is 78.2 Å². The van der Waals surface area contributed by atoms with E-state index in [4.69, 9.17) is 0 Å². The summed E-state index contributed by atoms with van der Waals surface area (Å²) in [6, 6.07) is 40.2. The Balaban J connectivity index is 0.000000265. The highest BCUT2D eigenvalue weighted by Gasteiger charge is 2.50. The van der Waals surface area contributed by atoms with Crippen LogP contribution in [-0.4, -0.2) is 220 Å². The molecule has 5 fully saturated rings. The number of halogens is 2. The number of amides is 7. The number of benzene rings is 6. The number of nitrogens with one attached hydrogen (secondary N) is 6. The molecule has 14 rings (SSSR count). The first-order valence-electron chi connectivity index (χ1n) is 41.2. The Labute approximate surface area is 713 Å². The van der Waals surface area contributed by atoms with E-state index in [9.17, 15) is 47.9 Å². The van der Waals surface area contributed by atoms with Crippen molar-refractivity contribution in [2.24, 2.45) is 0 Å². The number of hydrogen-bond acceptors (Lipinski definition) is 19. The lowest BCUT2D eigenvalue weighted by Crippen LogP contribution is -2.62. The summed E-state index contributed by atoms with van der Waals surface area (Å²) >= 11 is 0. The normalized spacial score (nSPS) is 20.3. The van der Waals surface area contributed by atoms with Crippen LogP contribution < -0.4 is 42.5 Å². The number of likely N-dealkylation sites (N-methyl/N-ethyl adjacent to an activating group) is 2. The van der Waals surface area contributed by atoms with Gasteiger partial charge >= 0.3 is 5.69 Å². The minimum atomic E-state index is -4.63. The summed E-state index contributed by atoms with van der Waals surface area (Å²) in [5.41, 5.74) is 3.60. The van der Waals surface area contributed by atoms with Crippen LogP contribution in [0.15, 0.2) is 209 Å². The van der Waals surface area contributed by atoms with E-state index in [0.717, 1.165) is 49.1 Å². The van der Waals surface area contributed by atoms with E-state index in [1.807, 2.05) is 154 Å². The van der Waals surface area contributed by atoms with Gasteiger partial charge in [-0.3, -0.25) is 38.5 Å². The summed E-state index contributed by atoms with van der Waals surface area (Å²) in [5.74, 6) is -5.60. The van der Waals surface area contributed by atoms with Gasteiger partial charge in [0.2, 0.25) is 61.4 Å². The lowest BCUT2D eigenvalue weighted by atomic mass is 9.98. The van der Waals surface area contributed by atoms with Gasteiger partial charge in [0.15, 0.2) is 11.5 Å². The second-order valence-corrected chi connectivity index (χ2v) is 35.7. The SMILES string of the molecule is C=CC(=O)N1CCN(c2nc(=O)n(-c3c(C)ccnc3C(C)C)c3nc(-c4c(O)cccc4F)c(F)cc23)C(C)C1.CNC(C)C(=O)NC1CN(S(=O)(=O)c2cccc(S(=O)(=O)N3CCC4CCC(C(=O)NC(c5ccccc5)c5ccccc5)N4C(=O)C(NC(=O)C(C)NC)C3)c2)CCC2CCC(C(=O)NC(c3ccccc3)c3ccccc3)N2C1=O. The minimum absolute atomic E-state index is 0.0360. The van der Waals surface area contributed by atoms with Gasteiger partial charge in [0.05, 0.1) is 56.3 Å². The highest BCUT2D eigenvalue weighted by atomic mass is 32.2. The molecule has 9 unspecified atom stereocenters. The van der Waals surface area contributed by atoms with Crippen molar-refractivity contribution in [2.45, 2.75) is 162 Å². The smallest absolute Gasteiger partial charge is 0.355 e. The fraction of sp³-hybridized carbons (Fsp3) is 0.367. The van der Waals surface area contributed by atoms with Crippen LogP contribution in [0.3, 0.4) is 0 Å². The largest absolute Gasteiger partial charge is 0.507 e. The predicted octanol–water partition coefficient (Wildman–Crippen LogP) is 7.67. The van der Waals surface area contributed by atoms with Crippen molar-refractivity contribution in [3.63, 3.8) is 0 Å². The zero-order valence-corrected chi connectivity index (χ0v) is 71.2. The first kappa shape index (κ1) is 88.8. The Morgan fingerprint density at radius 3 is 1.46 bits per heavy atom. The highest BCUT2D eigenvalue weighted by Crippen LogP contribution is 2.40. The minimum Gasteiger partial charge on any atom is -0.507 e. The maximum Gasteiger partial charge on any atom is 0.355 e. The van der Waals surface area contributed by atoms with Gasteiger partial charge in [-0.15, -0.1) is 0 Å². The van der Waals surface area contributed by atoms with Crippen LogP contribution in [0.5, 0.6) is 5.75 Å². The van der Waals surface area contributed by atoms with Crippen LogP contribution in [0.25, 0.3) is 28.0 Å². The zero-order valence-electron chi connectivity index (χ0n) is 69.6. The molecule has 29 nitrogen and oxygen atoms in total. The predicted molar refractivity (Wildman–Crippen MR) is 460 cm³/mol. The number of aryl methyl sites for hydroxylation is 1. The number of carbonyl (C=O) groups is 7. The monoisotopic (exact) mass is 1720 g/mol. The molecule has 6 aromatic carbocycles. The first-order valence-corrected chi connectivity index (χ1v) is 44.1. The number of aromatic nitrogens is 4. The first-order chi connectivity index (χ1) is 58.9. The molecule has 3 aromatic heterocycles. The van der Waals surface area contributed by atoms with Crippen molar-refractivity contribution in [1.82, 2.24) is 74.7 Å². The van der Waals surface area contributed by atoms with E-state index in [2.05, 4.69) is 53.4 Å². The molecular formula is C90H102F2N16O13S2. The van der Waals surface area contributed by atoms with E-state index in [-0.39, 0.29) is 73.5 Å². The van der Waals surface area contributed by atoms with Crippen molar-refractivity contribution in [2.75, 3.05) is 64.8 Å². The fourth-order valence-electron chi connectivity index (χ4n) is 16.9. The van der Waals surface area contributed by atoms with Crippen LogP contribution >= 0.6 is 0 Å². The number of phenolic OH excluding ortho intramolecular Hbond substituents is 1. The number of fused-ring (bicyclic) bond motifs is 3. The molecule has 33 heteroatoms. The number of sulfonamides is 2. The highest BCUT2D eigenvalue weighted by molar-refractivity contribution is 7.90. The standard InChI is InChI=1S/C60H72N10O10S2.C30H30F2N6O3/c1-39(61-3)55(71)63-49-37-67(34-32-45-28-30-51(69(45)59(49)75)57(73)65-53(41-18-9-5-10-19-41)42-20-11-6-12-21-42)81(77,78)47-26-17-27-48(36-47)82(79,80)68-35-33-46-29-31-52(70(46)60(76)50(38-68)64-56(72)40(2)62-4)58(74)66-54(43-22-13-7-14-23-43)44-24-15-8-16-25-44;1-6-23(40)36-12-13-37(18(5)15-36)28-19-14-21(32)26(24-20(31)8-7-9-22(24)39)34-29(19)38(30(41)35-28)27-17(4)10-11-33-25(27)16(2)3/h5-27,36,39-40,45-46,49-54,61-62H,28-35,37-38H2,1-4H3,(H,63,71)(H,64,72)(H,65,73)(H,66,74);6-11,14,16,18,39H,1,12-13,15H2,2-5H3. The molecular weight excluding hydrogens is 1620 g/mol. The maximum atomic E-state index is 15.8. The Hall–Kier alpha value is -12.0. The Kier molecular flexibility index (Phi) is 27.6. The average molecular weight is 1720 g/mol. The van der Waals surface area contributed by atoms with Crippen LogP contribution in [-0.2, 0) is 53.6 Å². The van der Waals surface area contributed by atoms with Gasteiger partial charge in [-0.2, -0.15) is 13.6 Å². The number of carbonyl (C=O) groups excluding carboxylic acids is 7. The van der Waals surface area contributed by atoms with Crippen molar-refractivity contribution in [1.29, 1.82) is 0 Å². The fourth-order valence-corrected chi connectivity index (χ4v) is 20.0. The van der Waals surface area contributed by atoms with Gasteiger partial charge in [-0.25, -0.2) is 40.0 Å². The molecule has 9 atom stereocenters. The van der Waals surface area contributed by atoms with Crippen LogP contribution in [0.4, 0.5) is 14.6 Å². The number of phenols is 1. The second kappa shape index (κ2) is 38.2. The number of pyridine rings is 2. The topological polar surface area (TPSA) is 360 Å². The van der Waals surface area contributed by atoms with Crippen molar-refractivity contribution < 1.29 is 64.3 Å². The van der Waals surface area contributed by atoms with Crippen LogP contribution in [0.2, 0.25) is 0 Å². The van der Waals surface area contributed by atoms with Crippen molar-refractivity contribution in [3.05, 3.63) is 250 Å². The number of aromatic hydroxyl groups is 1. The number of anilines is 1. The molecule has 9 aromatic rings. The lowest BCUT2D eigenvalue weighted by Gasteiger charge is -2.40. The molecule has 0 aliphatic carbocycles. The van der Waals surface area contributed by atoms with Crippen molar-refractivity contribution in [3.8, 4) is 22.7 Å². The van der Waals surface area contributed by atoms with Gasteiger partial charge in [-0.05, 0) is 163 Å². The molecule has 5 aliphatic rings. The molecule has 0 spiro atoms. The Morgan fingerprint density at radius 2 is 1.02 bits per heavy atom. The third-order valence-electron chi connectivity index (χ3n) is 23.7. The number of hydrogen-bond donors (Lipinski definition) is 7. The number of rotatable bonds is 23. The molecule has 646 valence electrons. The molecule has 123 heavy (non-hydrogen) atoms. The third kappa shape index (κ3) is 18.8. The summed E-state index contributed by atoms with van der Waals surface area (Å²) in [6.07, 6.45) is 4.43. The average Bonchev–Trinajstić information content (AvgIpc) is 0.850.